The summed E-state index contributed by atoms with van der Waals surface area (Å²) in [5, 5.41) is 19.1. The molecular weight excluding hydrogens is 372 g/mol. The first-order valence-corrected chi connectivity index (χ1v) is 7.83. The molecule has 138 valence electrons. The smallest absolute Gasteiger partial charge is 0.383 e. The number of nitriles is 2. The lowest BCUT2D eigenvalue weighted by atomic mass is 9.92. The third-order valence-corrected chi connectivity index (χ3v) is 4.07. The molecule has 0 saturated carbocycles. The number of hydrogen-bond acceptors (Lipinski definition) is 4. The molecule has 0 spiro atoms. The Morgan fingerprint density at radius 1 is 0.821 bits per heavy atom. The highest BCUT2D eigenvalue weighted by Crippen LogP contribution is 2.37. The number of alkyl halides is 3. The van der Waals surface area contributed by atoms with Crippen molar-refractivity contribution < 1.29 is 17.6 Å². The van der Waals surface area contributed by atoms with E-state index in [-0.39, 0.29) is 33.8 Å². The average Bonchev–Trinajstić information content (AvgIpc) is 2.67. The number of halogens is 4. The lowest BCUT2D eigenvalue weighted by Crippen LogP contribution is -2.06. The summed E-state index contributed by atoms with van der Waals surface area (Å²) in [6.45, 7) is 0. The number of nitrogen functional groups attached to an aromatic ring is 1. The number of hydrogen-bond donors (Lipinski definition) is 1. The maximum absolute atomic E-state index is 13.2. The maximum atomic E-state index is 13.2. The number of nitrogens with zero attached hydrogens (tertiary/aromatic N) is 3. The van der Waals surface area contributed by atoms with Crippen LogP contribution in [0, 0.1) is 28.5 Å². The van der Waals surface area contributed by atoms with E-state index >= 15 is 0 Å². The van der Waals surface area contributed by atoms with Crippen LogP contribution in [-0.2, 0) is 6.18 Å². The van der Waals surface area contributed by atoms with Gasteiger partial charge in [-0.05, 0) is 42.0 Å². The summed E-state index contributed by atoms with van der Waals surface area (Å²) in [6, 6.07) is 12.9. The van der Waals surface area contributed by atoms with Crippen molar-refractivity contribution in [3.63, 3.8) is 0 Å². The van der Waals surface area contributed by atoms with Crippen LogP contribution in [0.2, 0.25) is 0 Å². The van der Waals surface area contributed by atoms with Crippen molar-refractivity contribution in [2.75, 3.05) is 5.73 Å². The Morgan fingerprint density at radius 3 is 1.86 bits per heavy atom. The van der Waals surface area contributed by atoms with E-state index in [1.165, 1.54) is 24.3 Å². The second kappa shape index (κ2) is 7.01. The van der Waals surface area contributed by atoms with Crippen LogP contribution in [0.15, 0.2) is 48.5 Å². The van der Waals surface area contributed by atoms with Gasteiger partial charge in [-0.1, -0.05) is 12.1 Å². The lowest BCUT2D eigenvalue weighted by Gasteiger charge is -2.14. The number of pyridine rings is 1. The second-order valence-corrected chi connectivity index (χ2v) is 5.78. The highest BCUT2D eigenvalue weighted by atomic mass is 19.4. The molecule has 0 atom stereocenters. The van der Waals surface area contributed by atoms with Gasteiger partial charge in [0, 0.05) is 11.1 Å². The van der Waals surface area contributed by atoms with E-state index in [1.54, 1.807) is 0 Å². The van der Waals surface area contributed by atoms with Crippen LogP contribution >= 0.6 is 0 Å². The molecule has 28 heavy (non-hydrogen) atoms. The van der Waals surface area contributed by atoms with Crippen LogP contribution in [0.3, 0.4) is 0 Å². The van der Waals surface area contributed by atoms with Gasteiger partial charge >= 0.3 is 6.18 Å². The predicted octanol–water partition coefficient (Wildman–Crippen LogP) is 4.90. The summed E-state index contributed by atoms with van der Waals surface area (Å²) in [7, 11) is 0. The number of anilines is 1. The van der Waals surface area contributed by atoms with Crippen LogP contribution in [0.1, 0.15) is 16.7 Å². The van der Waals surface area contributed by atoms with Gasteiger partial charge in [0.25, 0.3) is 0 Å². The second-order valence-electron chi connectivity index (χ2n) is 5.78. The standard InChI is InChI=1S/C20H10F4N4/c21-14-7-3-12(4-8-14)18-15(9-25)17(16(10-26)19(27)28-18)11-1-5-13(6-2-11)20(22,23)24/h1-8H,(H2,27,28). The van der Waals surface area contributed by atoms with Gasteiger partial charge in [-0.25, -0.2) is 9.37 Å². The first-order valence-electron chi connectivity index (χ1n) is 7.83. The molecule has 1 heterocycles. The van der Waals surface area contributed by atoms with E-state index in [0.717, 1.165) is 24.3 Å². The zero-order valence-corrected chi connectivity index (χ0v) is 14.0. The minimum absolute atomic E-state index is 0.0443. The number of rotatable bonds is 2. The number of aromatic nitrogens is 1. The van der Waals surface area contributed by atoms with Crippen molar-refractivity contribution in [2.45, 2.75) is 6.18 Å². The van der Waals surface area contributed by atoms with Gasteiger partial charge in [-0.15, -0.1) is 0 Å². The Labute approximate surface area is 157 Å². The quantitative estimate of drug-likeness (QED) is 0.639. The van der Waals surface area contributed by atoms with Crippen LogP contribution in [0.5, 0.6) is 0 Å². The van der Waals surface area contributed by atoms with Crippen molar-refractivity contribution in [1.82, 2.24) is 4.98 Å². The monoisotopic (exact) mass is 382 g/mol. The Bertz CT molecular complexity index is 1120. The van der Waals surface area contributed by atoms with E-state index in [2.05, 4.69) is 4.98 Å². The highest BCUT2D eigenvalue weighted by molar-refractivity contribution is 5.87. The van der Waals surface area contributed by atoms with E-state index in [1.807, 2.05) is 12.1 Å². The Kier molecular flexibility index (Phi) is 4.72. The summed E-state index contributed by atoms with van der Waals surface area (Å²) < 4.78 is 51.7. The first-order chi connectivity index (χ1) is 13.3. The summed E-state index contributed by atoms with van der Waals surface area (Å²) in [6.07, 6.45) is -4.52. The molecule has 0 aliphatic heterocycles. The summed E-state index contributed by atoms with van der Waals surface area (Å²) in [4.78, 5) is 4.09. The van der Waals surface area contributed by atoms with E-state index < -0.39 is 17.6 Å². The topological polar surface area (TPSA) is 86.5 Å². The minimum atomic E-state index is -4.52. The molecule has 4 nitrogen and oxygen atoms in total. The molecule has 3 aromatic rings. The molecule has 1 aromatic heterocycles. The molecule has 0 fully saturated rings. The van der Waals surface area contributed by atoms with Crippen LogP contribution in [0.4, 0.5) is 23.4 Å². The molecule has 0 bridgehead atoms. The minimum Gasteiger partial charge on any atom is -0.383 e. The van der Waals surface area contributed by atoms with Gasteiger partial charge in [-0.2, -0.15) is 23.7 Å². The Balaban J connectivity index is 2.29. The molecule has 3 rings (SSSR count). The zero-order chi connectivity index (χ0) is 20.5. The Morgan fingerprint density at radius 2 is 1.36 bits per heavy atom. The fourth-order valence-corrected chi connectivity index (χ4v) is 2.76. The van der Waals surface area contributed by atoms with Crippen molar-refractivity contribution in [3.8, 4) is 34.5 Å². The van der Waals surface area contributed by atoms with Crippen molar-refractivity contribution >= 4 is 5.82 Å². The summed E-state index contributed by atoms with van der Waals surface area (Å²) >= 11 is 0. The van der Waals surface area contributed by atoms with Crippen LogP contribution in [0.25, 0.3) is 22.4 Å². The maximum Gasteiger partial charge on any atom is 0.416 e. The third kappa shape index (κ3) is 3.36. The fourth-order valence-electron chi connectivity index (χ4n) is 2.76. The lowest BCUT2D eigenvalue weighted by molar-refractivity contribution is -0.137. The molecular formula is C20H10F4N4. The van der Waals surface area contributed by atoms with Gasteiger partial charge in [-0.3, -0.25) is 0 Å². The number of nitrogens with two attached hydrogens (primary N) is 1. The van der Waals surface area contributed by atoms with Gasteiger partial charge in [0.2, 0.25) is 0 Å². The summed E-state index contributed by atoms with van der Waals surface area (Å²) in [5.74, 6) is -0.678. The van der Waals surface area contributed by atoms with Crippen molar-refractivity contribution in [2.24, 2.45) is 0 Å². The van der Waals surface area contributed by atoms with E-state index in [4.69, 9.17) is 5.73 Å². The molecule has 0 radical (unpaired) electrons. The third-order valence-electron chi connectivity index (χ3n) is 4.07. The first kappa shape index (κ1) is 18.9. The molecule has 0 aliphatic rings. The van der Waals surface area contributed by atoms with E-state index in [9.17, 15) is 28.1 Å². The van der Waals surface area contributed by atoms with Gasteiger partial charge in [0.15, 0.2) is 0 Å². The SMILES string of the molecule is N#Cc1c(N)nc(-c2ccc(F)cc2)c(C#N)c1-c1ccc(C(F)(F)F)cc1. The van der Waals surface area contributed by atoms with Crippen molar-refractivity contribution in [3.05, 3.63) is 71.0 Å². The highest BCUT2D eigenvalue weighted by Gasteiger charge is 2.30. The van der Waals surface area contributed by atoms with Gasteiger partial charge in [0.05, 0.1) is 16.8 Å². The van der Waals surface area contributed by atoms with Gasteiger partial charge in [0.1, 0.15) is 29.3 Å². The molecule has 0 aliphatic carbocycles. The Hall–Kier alpha value is -3.91. The molecule has 0 unspecified atom stereocenters. The molecule has 0 amide bonds. The van der Waals surface area contributed by atoms with Gasteiger partial charge < -0.3 is 5.73 Å². The average molecular weight is 382 g/mol. The van der Waals surface area contributed by atoms with Crippen LogP contribution < -0.4 is 5.73 Å². The number of benzene rings is 2. The normalized spacial score (nSPS) is 10.9. The molecule has 2 aromatic carbocycles. The van der Waals surface area contributed by atoms with Crippen LogP contribution in [-0.4, -0.2) is 4.98 Å². The molecule has 8 heteroatoms. The van der Waals surface area contributed by atoms with E-state index in [0.29, 0.717) is 5.56 Å². The largest absolute Gasteiger partial charge is 0.416 e. The molecule has 2 N–H and O–H groups in total. The van der Waals surface area contributed by atoms with Crippen molar-refractivity contribution in [1.29, 1.82) is 10.5 Å². The molecule has 0 saturated heterocycles. The fraction of sp³-hybridized carbons (Fsp3) is 0.0500. The predicted molar refractivity (Wildman–Crippen MR) is 93.9 cm³/mol. The summed E-state index contributed by atoms with van der Waals surface area (Å²) in [5.41, 5.74) is 5.59. The zero-order valence-electron chi connectivity index (χ0n) is 14.0.